The van der Waals surface area contributed by atoms with Crippen LogP contribution in [0.5, 0.6) is 0 Å². The maximum Gasteiger partial charge on any atom is 0.339 e. The molecule has 0 saturated heterocycles. The number of ether oxygens (including phenoxy) is 1. The Balaban J connectivity index is 1.64. The molecule has 1 aromatic heterocycles. The first-order valence-corrected chi connectivity index (χ1v) is 20.7. The molecule has 0 aliphatic heterocycles. The average Bonchev–Trinajstić information content (AvgIpc) is 3.56. The summed E-state index contributed by atoms with van der Waals surface area (Å²) in [6.07, 6.45) is 28.2. The minimum atomic E-state index is -0.189. The smallest absolute Gasteiger partial charge is 0.339 e. The highest BCUT2D eigenvalue weighted by atomic mass is 32.1. The molecule has 0 bridgehead atoms. The molecule has 3 rings (SSSR count). The molecular weight excluding hydrogens is 621 g/mol. The normalized spacial score (nSPS) is 11.6. The fourth-order valence-electron chi connectivity index (χ4n) is 6.61. The number of carbonyl (C=O) groups excluding carboxylic acids is 1. The van der Waals surface area contributed by atoms with E-state index in [1.165, 1.54) is 121 Å². The quantitative estimate of drug-likeness (QED) is 0.0455. The summed E-state index contributed by atoms with van der Waals surface area (Å²) in [5.74, 6) is -0.189. The lowest BCUT2D eigenvalue weighted by molar-refractivity contribution is 0.0250. The number of nitrogens with zero attached hydrogens (tertiary/aromatic N) is 2. The maximum absolute atomic E-state index is 14.0. The Morgan fingerprint density at radius 1 is 0.633 bits per heavy atom. The highest BCUT2D eigenvalue weighted by Crippen LogP contribution is 2.39. The number of aryl methyl sites for hydroxylation is 1. The van der Waals surface area contributed by atoms with Gasteiger partial charge >= 0.3 is 5.97 Å². The Labute approximate surface area is 303 Å². The second-order valence-electron chi connectivity index (χ2n) is 14.0. The standard InChI is InChI=1S/C44H66N2O2S/c1-5-7-9-11-13-15-17-19-21-23-25-40(26-24-22-20-18-16-14-12-10-8-6-2)48-44(47)41-35-42(37-29-27-36(3)28-30-37)49-43(41)38-31-33-39(34-32-38)46-45-4/h27-35,40H,5-26H2,1-4H3/b46-45+. The van der Waals surface area contributed by atoms with Crippen LogP contribution in [0.25, 0.3) is 20.9 Å². The van der Waals surface area contributed by atoms with Crippen LogP contribution in [0.15, 0.2) is 64.8 Å². The number of carbonyl (C=O) groups is 1. The molecule has 5 heteroatoms. The zero-order valence-electron chi connectivity index (χ0n) is 31.4. The molecule has 0 aliphatic carbocycles. The molecule has 0 atom stereocenters. The van der Waals surface area contributed by atoms with Gasteiger partial charge in [0.05, 0.1) is 11.3 Å². The molecule has 0 spiro atoms. The van der Waals surface area contributed by atoms with E-state index in [0.717, 1.165) is 52.3 Å². The molecule has 0 saturated carbocycles. The van der Waals surface area contributed by atoms with E-state index in [-0.39, 0.29) is 12.1 Å². The summed E-state index contributed by atoms with van der Waals surface area (Å²) in [5.41, 5.74) is 4.83. The molecule has 2 aromatic carbocycles. The van der Waals surface area contributed by atoms with E-state index in [1.54, 1.807) is 18.4 Å². The highest BCUT2D eigenvalue weighted by molar-refractivity contribution is 7.19. The van der Waals surface area contributed by atoms with Crippen molar-refractivity contribution in [3.05, 3.63) is 65.7 Å². The monoisotopic (exact) mass is 686 g/mol. The molecule has 270 valence electrons. The minimum Gasteiger partial charge on any atom is -0.459 e. The van der Waals surface area contributed by atoms with Crippen molar-refractivity contribution in [1.82, 2.24) is 0 Å². The van der Waals surface area contributed by atoms with E-state index in [0.29, 0.717) is 5.56 Å². The van der Waals surface area contributed by atoms with Gasteiger partial charge in [-0.3, -0.25) is 0 Å². The van der Waals surface area contributed by atoms with Crippen LogP contribution in [0.4, 0.5) is 5.69 Å². The van der Waals surface area contributed by atoms with Crippen LogP contribution in [-0.4, -0.2) is 19.1 Å². The highest BCUT2D eigenvalue weighted by Gasteiger charge is 2.23. The molecule has 0 N–H and O–H groups in total. The Bertz CT molecular complexity index is 1290. The van der Waals surface area contributed by atoms with Gasteiger partial charge in [-0.15, -0.1) is 11.3 Å². The summed E-state index contributed by atoms with van der Waals surface area (Å²) in [5, 5.41) is 8.08. The summed E-state index contributed by atoms with van der Waals surface area (Å²) in [6.45, 7) is 6.66. The SMILES string of the molecule is CCCCCCCCCCCCC(CCCCCCCCCCCC)OC(=O)c1cc(-c2ccc(C)cc2)sc1-c1ccc(/N=N/C)cc1. The van der Waals surface area contributed by atoms with Crippen molar-refractivity contribution in [1.29, 1.82) is 0 Å². The van der Waals surface area contributed by atoms with Crippen LogP contribution in [0, 0.1) is 6.92 Å². The summed E-state index contributed by atoms with van der Waals surface area (Å²) >= 11 is 1.66. The summed E-state index contributed by atoms with van der Waals surface area (Å²) < 4.78 is 6.43. The van der Waals surface area contributed by atoms with Gasteiger partial charge in [0.1, 0.15) is 6.10 Å². The summed E-state index contributed by atoms with van der Waals surface area (Å²) in [4.78, 5) is 16.1. The lowest BCUT2D eigenvalue weighted by atomic mass is 10.0. The van der Waals surface area contributed by atoms with E-state index in [1.807, 2.05) is 30.3 Å². The van der Waals surface area contributed by atoms with Crippen molar-refractivity contribution in [2.45, 2.75) is 168 Å². The molecule has 1 heterocycles. The average molecular weight is 687 g/mol. The third-order valence-corrected chi connectivity index (χ3v) is 10.9. The van der Waals surface area contributed by atoms with Crippen molar-refractivity contribution < 1.29 is 9.53 Å². The summed E-state index contributed by atoms with van der Waals surface area (Å²) in [6, 6.07) is 18.6. The molecule has 0 aliphatic rings. The van der Waals surface area contributed by atoms with Gasteiger partial charge in [-0.2, -0.15) is 10.2 Å². The lowest BCUT2D eigenvalue weighted by Gasteiger charge is -2.18. The van der Waals surface area contributed by atoms with E-state index in [2.05, 4.69) is 55.3 Å². The lowest BCUT2D eigenvalue weighted by Crippen LogP contribution is -2.18. The zero-order chi connectivity index (χ0) is 34.9. The van der Waals surface area contributed by atoms with E-state index in [4.69, 9.17) is 4.74 Å². The van der Waals surface area contributed by atoms with Gasteiger partial charge in [0.2, 0.25) is 0 Å². The van der Waals surface area contributed by atoms with Gasteiger partial charge in [0.15, 0.2) is 0 Å². The molecule has 3 aromatic rings. The first kappa shape index (κ1) is 40.6. The number of benzene rings is 2. The Hall–Kier alpha value is -2.79. The van der Waals surface area contributed by atoms with Crippen molar-refractivity contribution >= 4 is 23.0 Å². The third-order valence-electron chi connectivity index (χ3n) is 9.67. The van der Waals surface area contributed by atoms with Crippen molar-refractivity contribution in [3.8, 4) is 20.9 Å². The van der Waals surface area contributed by atoms with Gasteiger partial charge in [-0.25, -0.2) is 4.79 Å². The van der Waals surface area contributed by atoms with Crippen LogP contribution in [-0.2, 0) is 4.74 Å². The molecule has 49 heavy (non-hydrogen) atoms. The topological polar surface area (TPSA) is 51.0 Å². The number of unbranched alkanes of at least 4 members (excludes halogenated alkanes) is 18. The van der Waals surface area contributed by atoms with Gasteiger partial charge in [-0.05, 0) is 61.9 Å². The van der Waals surface area contributed by atoms with E-state index >= 15 is 0 Å². The predicted molar refractivity (Wildman–Crippen MR) is 212 cm³/mol. The van der Waals surface area contributed by atoms with E-state index < -0.39 is 0 Å². The first-order valence-electron chi connectivity index (χ1n) is 19.9. The molecule has 4 nitrogen and oxygen atoms in total. The summed E-state index contributed by atoms with van der Waals surface area (Å²) in [7, 11) is 1.68. The minimum absolute atomic E-state index is 0.0292. The van der Waals surface area contributed by atoms with E-state index in [9.17, 15) is 4.79 Å². The molecule has 0 radical (unpaired) electrons. The van der Waals surface area contributed by atoms with Crippen molar-refractivity contribution in [3.63, 3.8) is 0 Å². The van der Waals surface area contributed by atoms with Crippen LogP contribution >= 0.6 is 11.3 Å². The van der Waals surface area contributed by atoms with Crippen LogP contribution in [0.2, 0.25) is 0 Å². The maximum atomic E-state index is 14.0. The molecular formula is C44H66N2O2S. The fourth-order valence-corrected chi connectivity index (χ4v) is 7.76. The van der Waals surface area contributed by atoms with Gasteiger partial charge in [0, 0.05) is 16.8 Å². The number of azo groups is 1. The van der Waals surface area contributed by atoms with Gasteiger partial charge in [-0.1, -0.05) is 171 Å². The second-order valence-corrected chi connectivity index (χ2v) is 15.1. The zero-order valence-corrected chi connectivity index (χ0v) is 32.3. The Morgan fingerprint density at radius 3 is 1.55 bits per heavy atom. The van der Waals surface area contributed by atoms with Crippen LogP contribution in [0.1, 0.15) is 171 Å². The predicted octanol–water partition coefficient (Wildman–Crippen LogP) is 15.3. The largest absolute Gasteiger partial charge is 0.459 e. The molecule has 0 amide bonds. The van der Waals surface area contributed by atoms with Gasteiger partial charge < -0.3 is 4.74 Å². The third kappa shape index (κ3) is 16.2. The number of thiophene rings is 1. The first-order chi connectivity index (χ1) is 24.0. The number of rotatable bonds is 27. The second kappa shape index (κ2) is 25.2. The van der Waals surface area contributed by atoms with Crippen molar-refractivity contribution in [2.75, 3.05) is 7.05 Å². The van der Waals surface area contributed by atoms with Crippen molar-refractivity contribution in [2.24, 2.45) is 10.2 Å². The number of hydrogen-bond acceptors (Lipinski definition) is 5. The van der Waals surface area contributed by atoms with Crippen LogP contribution < -0.4 is 0 Å². The van der Waals surface area contributed by atoms with Crippen LogP contribution in [0.3, 0.4) is 0 Å². The fraction of sp³-hybridized carbons (Fsp3) is 0.614. The number of esters is 1. The molecule has 0 unspecified atom stereocenters. The Kier molecular flexibility index (Phi) is 20.9. The van der Waals surface area contributed by atoms with Gasteiger partial charge in [0.25, 0.3) is 0 Å². The molecule has 0 fully saturated rings. The number of hydrogen-bond donors (Lipinski definition) is 0. The Morgan fingerprint density at radius 2 is 1.08 bits per heavy atom.